The lowest BCUT2D eigenvalue weighted by Crippen LogP contribution is -2.49. The molecule has 6 nitrogen and oxygen atoms in total. The van der Waals surface area contributed by atoms with E-state index in [1.165, 1.54) is 6.08 Å². The number of thiocarbonyl (C=S) groups is 1. The molecule has 2 amide bonds. The molecular weight excluding hydrogens is 442 g/mol. The molecule has 0 aromatic heterocycles. The number of halogens is 1. The van der Waals surface area contributed by atoms with Crippen LogP contribution in [0.4, 0.5) is 0 Å². The van der Waals surface area contributed by atoms with Gasteiger partial charge in [0.2, 0.25) is 5.91 Å². The molecule has 0 aliphatic rings. The van der Waals surface area contributed by atoms with Crippen molar-refractivity contribution in [1.82, 2.24) is 16.2 Å². The Morgan fingerprint density at radius 3 is 2.57 bits per heavy atom. The number of amides is 2. The van der Waals surface area contributed by atoms with Gasteiger partial charge in [-0.25, -0.2) is 0 Å². The van der Waals surface area contributed by atoms with Crippen molar-refractivity contribution in [2.45, 2.75) is 13.3 Å². The first kappa shape index (κ1) is 21.6. The second-order valence-corrected chi connectivity index (χ2v) is 6.91. The highest BCUT2D eigenvalue weighted by Crippen LogP contribution is 2.26. The summed E-state index contributed by atoms with van der Waals surface area (Å²) in [5.41, 5.74) is 6.87. The zero-order valence-corrected chi connectivity index (χ0v) is 17.6. The van der Waals surface area contributed by atoms with Gasteiger partial charge in [-0.1, -0.05) is 43.3 Å². The number of hydrogen-bond donors (Lipinski definition) is 3. The summed E-state index contributed by atoms with van der Waals surface area (Å²) in [5, 5.41) is 2.41. The molecule has 0 aliphatic heterocycles. The molecule has 28 heavy (non-hydrogen) atoms. The van der Waals surface area contributed by atoms with E-state index in [2.05, 4.69) is 39.0 Å². The molecule has 0 aliphatic carbocycles. The summed E-state index contributed by atoms with van der Waals surface area (Å²) in [7, 11) is 0. The second-order valence-electron chi connectivity index (χ2n) is 5.64. The molecule has 146 valence electrons. The van der Waals surface area contributed by atoms with Gasteiger partial charge >= 0.3 is 0 Å². The minimum Gasteiger partial charge on any atom is -0.483 e. The van der Waals surface area contributed by atoms with Crippen molar-refractivity contribution in [3.63, 3.8) is 0 Å². The van der Waals surface area contributed by atoms with Gasteiger partial charge in [0.25, 0.3) is 5.91 Å². The fraction of sp³-hybridized carbons (Fsp3) is 0.150. The van der Waals surface area contributed by atoms with Gasteiger partial charge in [-0.15, -0.1) is 0 Å². The van der Waals surface area contributed by atoms with Gasteiger partial charge in [0.1, 0.15) is 5.75 Å². The monoisotopic (exact) mass is 461 g/mol. The summed E-state index contributed by atoms with van der Waals surface area (Å²) < 4.78 is 6.24. The minimum absolute atomic E-state index is 0.0236. The molecule has 2 aromatic carbocycles. The van der Waals surface area contributed by atoms with E-state index in [1.54, 1.807) is 12.1 Å². The van der Waals surface area contributed by atoms with Crippen LogP contribution in [-0.4, -0.2) is 23.5 Å². The molecule has 0 atom stereocenters. The van der Waals surface area contributed by atoms with E-state index in [9.17, 15) is 9.59 Å². The number of benzene rings is 2. The number of hydrogen-bond acceptors (Lipinski definition) is 4. The Bertz CT molecular complexity index is 872. The molecule has 0 fully saturated rings. The number of nitrogens with one attached hydrogen (secondary N) is 3. The Balaban J connectivity index is 1.71. The zero-order chi connectivity index (χ0) is 20.4. The largest absolute Gasteiger partial charge is 0.483 e. The molecule has 8 heteroatoms. The summed E-state index contributed by atoms with van der Waals surface area (Å²) in [4.78, 5) is 23.7. The fourth-order valence-corrected chi connectivity index (χ4v) is 2.80. The number of carbonyl (C=O) groups is 2. The van der Waals surface area contributed by atoms with Crippen LogP contribution in [0.2, 0.25) is 0 Å². The van der Waals surface area contributed by atoms with Crippen LogP contribution in [0.25, 0.3) is 6.08 Å². The van der Waals surface area contributed by atoms with Crippen LogP contribution in [0.5, 0.6) is 5.75 Å². The topological polar surface area (TPSA) is 79.5 Å². The van der Waals surface area contributed by atoms with Crippen molar-refractivity contribution >= 4 is 51.2 Å². The first-order valence-electron chi connectivity index (χ1n) is 8.52. The smallest absolute Gasteiger partial charge is 0.276 e. The van der Waals surface area contributed by atoms with Gasteiger partial charge in [-0.05, 0) is 63.9 Å². The van der Waals surface area contributed by atoms with Crippen LogP contribution in [0, 0.1) is 0 Å². The molecule has 3 N–H and O–H groups in total. The van der Waals surface area contributed by atoms with Crippen LogP contribution >= 0.6 is 28.1 Å². The first-order valence-corrected chi connectivity index (χ1v) is 9.72. The van der Waals surface area contributed by atoms with Crippen molar-refractivity contribution in [1.29, 1.82) is 0 Å². The summed E-state index contributed by atoms with van der Waals surface area (Å²) in [5.74, 6) is -0.288. The molecule has 0 heterocycles. The third-order valence-corrected chi connectivity index (χ3v) is 4.37. The summed E-state index contributed by atoms with van der Waals surface area (Å²) in [6.07, 6.45) is 3.92. The number of carbonyl (C=O) groups excluding carboxylic acids is 2. The maximum Gasteiger partial charge on any atom is 0.276 e. The molecule has 0 saturated heterocycles. The minimum atomic E-state index is -0.442. The Morgan fingerprint density at radius 1 is 1.14 bits per heavy atom. The molecule has 0 unspecified atom stereocenters. The molecular formula is C20H20BrN3O3S. The first-order chi connectivity index (χ1) is 13.5. The Kier molecular flexibility index (Phi) is 8.64. The maximum atomic E-state index is 11.9. The fourth-order valence-electron chi connectivity index (χ4n) is 2.11. The molecule has 2 aromatic rings. The molecule has 0 saturated carbocycles. The lowest BCUT2D eigenvalue weighted by Gasteiger charge is -2.11. The van der Waals surface area contributed by atoms with Crippen LogP contribution in [0.3, 0.4) is 0 Å². The van der Waals surface area contributed by atoms with E-state index in [1.807, 2.05) is 42.5 Å². The highest BCUT2D eigenvalue weighted by atomic mass is 79.9. The number of rotatable bonds is 6. The standard InChI is InChI=1S/C20H20BrN3O3S/c1-2-14-8-10-17(16(21)12-14)27-13-19(26)23-24-20(28)22-18(25)11-9-15-6-4-3-5-7-15/h3-12H,2,13H2,1H3,(H,23,26)(H2,22,24,25,28). The third-order valence-electron chi connectivity index (χ3n) is 3.54. The number of ether oxygens (including phenoxy) is 1. The van der Waals surface area contributed by atoms with Gasteiger partial charge in [0.15, 0.2) is 11.7 Å². The molecule has 0 bridgehead atoms. The SMILES string of the molecule is CCc1ccc(OCC(=O)NNC(=S)NC(=O)C=Cc2ccccc2)c(Br)c1. The van der Waals surface area contributed by atoms with E-state index in [0.717, 1.165) is 22.0 Å². The summed E-state index contributed by atoms with van der Waals surface area (Å²) in [6.45, 7) is 1.85. The number of aryl methyl sites for hydroxylation is 1. The van der Waals surface area contributed by atoms with E-state index < -0.39 is 11.8 Å². The van der Waals surface area contributed by atoms with Crippen molar-refractivity contribution in [3.8, 4) is 5.75 Å². The van der Waals surface area contributed by atoms with Crippen molar-refractivity contribution in [3.05, 3.63) is 70.2 Å². The van der Waals surface area contributed by atoms with Gasteiger partial charge in [0, 0.05) is 6.08 Å². The Hall–Kier alpha value is -2.71. The Labute approximate surface area is 177 Å². The van der Waals surface area contributed by atoms with Gasteiger partial charge in [0.05, 0.1) is 4.47 Å². The number of hydrazine groups is 1. The van der Waals surface area contributed by atoms with Crippen molar-refractivity contribution in [2.75, 3.05) is 6.61 Å². The average molecular weight is 462 g/mol. The predicted molar refractivity (Wildman–Crippen MR) is 117 cm³/mol. The van der Waals surface area contributed by atoms with Gasteiger partial charge in [-0.3, -0.25) is 25.8 Å². The normalized spacial score (nSPS) is 10.4. The van der Waals surface area contributed by atoms with E-state index in [0.29, 0.717) is 5.75 Å². The van der Waals surface area contributed by atoms with Crippen molar-refractivity contribution in [2.24, 2.45) is 0 Å². The lowest BCUT2D eigenvalue weighted by atomic mass is 10.2. The van der Waals surface area contributed by atoms with Gasteiger partial charge < -0.3 is 4.74 Å². The highest BCUT2D eigenvalue weighted by molar-refractivity contribution is 9.10. The maximum absolute atomic E-state index is 11.9. The summed E-state index contributed by atoms with van der Waals surface area (Å²) >= 11 is 8.38. The predicted octanol–water partition coefficient (Wildman–Crippen LogP) is 3.13. The van der Waals surface area contributed by atoms with E-state index in [4.69, 9.17) is 17.0 Å². The van der Waals surface area contributed by atoms with Crippen molar-refractivity contribution < 1.29 is 14.3 Å². The summed E-state index contributed by atoms with van der Waals surface area (Å²) in [6, 6.07) is 15.1. The lowest BCUT2D eigenvalue weighted by molar-refractivity contribution is -0.123. The van der Waals surface area contributed by atoms with Crippen LogP contribution in [0.15, 0.2) is 59.1 Å². The second kappa shape index (κ2) is 11.2. The molecule has 0 spiro atoms. The highest BCUT2D eigenvalue weighted by Gasteiger charge is 2.07. The van der Waals surface area contributed by atoms with E-state index in [-0.39, 0.29) is 11.7 Å². The Morgan fingerprint density at radius 2 is 1.89 bits per heavy atom. The van der Waals surface area contributed by atoms with Crippen LogP contribution < -0.4 is 20.9 Å². The molecule has 0 radical (unpaired) electrons. The third kappa shape index (κ3) is 7.50. The van der Waals surface area contributed by atoms with E-state index >= 15 is 0 Å². The zero-order valence-electron chi connectivity index (χ0n) is 15.2. The quantitative estimate of drug-likeness (QED) is 0.349. The molecule has 2 rings (SSSR count). The van der Waals surface area contributed by atoms with Gasteiger partial charge in [-0.2, -0.15) is 0 Å². The average Bonchev–Trinajstić information content (AvgIpc) is 2.70. The van der Waals surface area contributed by atoms with Crippen LogP contribution in [0.1, 0.15) is 18.1 Å². The van der Waals surface area contributed by atoms with Crippen LogP contribution in [-0.2, 0) is 16.0 Å².